The molecule has 0 heterocycles. The molecule has 1 aromatic carbocycles. The monoisotopic (exact) mass is 342 g/mol. The topological polar surface area (TPSA) is 81.8 Å². The molecule has 0 amide bonds. The van der Waals surface area contributed by atoms with Gasteiger partial charge < -0.3 is 4.74 Å². The molecular formula is C15H13F3N2O4. The SMILES string of the molecule is C=C/C=C(\N=C(C)c1ccc(C(=O)OC)c([N+](=O)[O-])c1)C(F)(F)F. The minimum absolute atomic E-state index is 0.0635. The first-order chi connectivity index (χ1) is 11.1. The van der Waals surface area contributed by atoms with Crippen LogP contribution in [0, 0.1) is 10.1 Å². The number of hydrogen-bond acceptors (Lipinski definition) is 5. The lowest BCUT2D eigenvalue weighted by molar-refractivity contribution is -0.385. The minimum Gasteiger partial charge on any atom is -0.465 e. The van der Waals surface area contributed by atoms with Gasteiger partial charge in [0.15, 0.2) is 0 Å². The minimum atomic E-state index is -4.70. The quantitative estimate of drug-likeness (QED) is 0.268. The smallest absolute Gasteiger partial charge is 0.433 e. The normalized spacial score (nSPS) is 12.7. The fourth-order valence-electron chi connectivity index (χ4n) is 1.74. The second-order valence-electron chi connectivity index (χ2n) is 4.46. The first kappa shape index (κ1) is 19.1. The maximum absolute atomic E-state index is 12.8. The summed E-state index contributed by atoms with van der Waals surface area (Å²) in [5.41, 5.74) is -2.14. The third-order valence-electron chi connectivity index (χ3n) is 2.87. The maximum Gasteiger partial charge on any atom is 0.433 e. The molecule has 0 unspecified atom stereocenters. The maximum atomic E-state index is 12.8. The molecule has 1 rings (SSSR count). The number of esters is 1. The summed E-state index contributed by atoms with van der Waals surface area (Å²) < 4.78 is 42.9. The Morgan fingerprint density at radius 3 is 2.50 bits per heavy atom. The summed E-state index contributed by atoms with van der Waals surface area (Å²) >= 11 is 0. The standard InChI is InChI=1S/C15H13F3N2O4/c1-4-5-13(15(16,17)18)19-9(2)10-6-7-11(14(21)24-3)12(8-10)20(22)23/h4-8H,1H2,2-3H3/b13-5-,19-9?. The van der Waals surface area contributed by atoms with Crippen LogP contribution in [-0.4, -0.2) is 29.9 Å². The zero-order valence-corrected chi connectivity index (χ0v) is 12.8. The number of carbonyl (C=O) groups excluding carboxylic acids is 1. The zero-order valence-electron chi connectivity index (χ0n) is 12.8. The molecule has 0 N–H and O–H groups in total. The van der Waals surface area contributed by atoms with E-state index in [1.54, 1.807) is 0 Å². The van der Waals surface area contributed by atoms with Gasteiger partial charge in [0.2, 0.25) is 0 Å². The predicted octanol–water partition coefficient (Wildman–Crippen LogP) is 3.82. The highest BCUT2D eigenvalue weighted by Gasteiger charge is 2.33. The zero-order chi connectivity index (χ0) is 18.5. The molecule has 0 aliphatic heterocycles. The van der Waals surface area contributed by atoms with Gasteiger partial charge >= 0.3 is 12.1 Å². The van der Waals surface area contributed by atoms with Crippen LogP contribution in [-0.2, 0) is 4.74 Å². The van der Waals surface area contributed by atoms with Gasteiger partial charge in [0, 0.05) is 17.3 Å². The molecule has 0 aromatic heterocycles. The van der Waals surface area contributed by atoms with Crippen LogP contribution in [0.3, 0.4) is 0 Å². The highest BCUT2D eigenvalue weighted by atomic mass is 19.4. The Balaban J connectivity index is 3.41. The molecule has 0 saturated carbocycles. The number of rotatable bonds is 5. The number of nitrogens with zero attached hydrogens (tertiary/aromatic N) is 2. The molecule has 0 aliphatic carbocycles. The van der Waals surface area contributed by atoms with E-state index in [2.05, 4.69) is 16.3 Å². The van der Waals surface area contributed by atoms with E-state index in [0.717, 1.165) is 25.3 Å². The molecule has 1 aromatic rings. The first-order valence-electron chi connectivity index (χ1n) is 6.44. The fraction of sp³-hybridized carbons (Fsp3) is 0.200. The number of nitro benzene ring substituents is 1. The van der Waals surface area contributed by atoms with E-state index < -0.39 is 28.5 Å². The van der Waals surface area contributed by atoms with Gasteiger partial charge in [-0.25, -0.2) is 9.79 Å². The van der Waals surface area contributed by atoms with Gasteiger partial charge in [0.25, 0.3) is 5.69 Å². The van der Waals surface area contributed by atoms with E-state index >= 15 is 0 Å². The van der Waals surface area contributed by atoms with Crippen LogP contribution in [0.5, 0.6) is 0 Å². The van der Waals surface area contributed by atoms with Gasteiger partial charge in [-0.15, -0.1) is 0 Å². The van der Waals surface area contributed by atoms with Gasteiger partial charge in [-0.2, -0.15) is 13.2 Å². The summed E-state index contributed by atoms with van der Waals surface area (Å²) in [6.07, 6.45) is -3.09. The largest absolute Gasteiger partial charge is 0.465 e. The number of aliphatic imine (C=N–C) groups is 1. The molecule has 6 nitrogen and oxygen atoms in total. The van der Waals surface area contributed by atoms with Crippen LogP contribution in [0.4, 0.5) is 18.9 Å². The van der Waals surface area contributed by atoms with Crippen molar-refractivity contribution < 1.29 is 27.6 Å². The number of allylic oxidation sites excluding steroid dienone is 3. The highest BCUT2D eigenvalue weighted by molar-refractivity contribution is 6.02. The van der Waals surface area contributed by atoms with Crippen molar-refractivity contribution in [2.24, 2.45) is 4.99 Å². The van der Waals surface area contributed by atoms with Crippen molar-refractivity contribution in [2.75, 3.05) is 7.11 Å². The summed E-state index contributed by atoms with van der Waals surface area (Å²) in [6, 6.07) is 3.32. The molecule has 24 heavy (non-hydrogen) atoms. The molecule has 0 saturated heterocycles. The Bertz CT molecular complexity index is 737. The van der Waals surface area contributed by atoms with E-state index in [1.807, 2.05) is 0 Å². The Morgan fingerprint density at radius 1 is 1.42 bits per heavy atom. The Kier molecular flexibility index (Phi) is 5.99. The van der Waals surface area contributed by atoms with Crippen LogP contribution in [0.2, 0.25) is 0 Å². The predicted molar refractivity (Wildman–Crippen MR) is 81.0 cm³/mol. The van der Waals surface area contributed by atoms with E-state index in [1.165, 1.54) is 13.0 Å². The van der Waals surface area contributed by atoms with E-state index in [-0.39, 0.29) is 16.8 Å². The average molecular weight is 342 g/mol. The lowest BCUT2D eigenvalue weighted by atomic mass is 10.1. The Morgan fingerprint density at radius 2 is 2.04 bits per heavy atom. The van der Waals surface area contributed by atoms with Crippen molar-refractivity contribution in [2.45, 2.75) is 13.1 Å². The molecule has 9 heteroatoms. The second-order valence-corrected chi connectivity index (χ2v) is 4.46. The Labute approximate surface area is 135 Å². The van der Waals surface area contributed by atoms with Crippen molar-refractivity contribution in [1.29, 1.82) is 0 Å². The van der Waals surface area contributed by atoms with Crippen LogP contribution >= 0.6 is 0 Å². The fourth-order valence-corrected chi connectivity index (χ4v) is 1.74. The van der Waals surface area contributed by atoms with Crippen molar-refractivity contribution in [3.05, 3.63) is 63.9 Å². The Hall–Kier alpha value is -2.97. The number of hydrogen-bond donors (Lipinski definition) is 0. The van der Waals surface area contributed by atoms with Gasteiger partial charge in [-0.1, -0.05) is 18.7 Å². The van der Waals surface area contributed by atoms with E-state index in [9.17, 15) is 28.1 Å². The summed E-state index contributed by atoms with van der Waals surface area (Å²) in [5, 5.41) is 11.1. The van der Waals surface area contributed by atoms with Crippen molar-refractivity contribution >= 4 is 17.4 Å². The number of halogens is 3. The van der Waals surface area contributed by atoms with Gasteiger partial charge in [-0.05, 0) is 19.1 Å². The first-order valence-corrected chi connectivity index (χ1v) is 6.44. The number of carbonyl (C=O) groups is 1. The molecule has 0 radical (unpaired) electrons. The second kappa shape index (κ2) is 7.53. The number of alkyl halides is 3. The molecule has 0 bridgehead atoms. The molecule has 0 spiro atoms. The molecule has 0 aliphatic rings. The van der Waals surface area contributed by atoms with Crippen LogP contribution in [0.15, 0.2) is 47.6 Å². The summed E-state index contributed by atoms with van der Waals surface area (Å²) in [5.74, 6) is -0.926. The average Bonchev–Trinajstić information content (AvgIpc) is 2.52. The van der Waals surface area contributed by atoms with Gasteiger partial charge in [0.05, 0.1) is 12.0 Å². The van der Waals surface area contributed by atoms with E-state index in [4.69, 9.17) is 0 Å². The van der Waals surface area contributed by atoms with Crippen LogP contribution in [0.1, 0.15) is 22.8 Å². The summed E-state index contributed by atoms with van der Waals surface area (Å²) in [4.78, 5) is 25.2. The van der Waals surface area contributed by atoms with E-state index in [0.29, 0.717) is 6.08 Å². The third-order valence-corrected chi connectivity index (χ3v) is 2.87. The van der Waals surface area contributed by atoms with Gasteiger partial charge in [0.1, 0.15) is 11.3 Å². The third kappa shape index (κ3) is 4.51. The molecular weight excluding hydrogens is 329 g/mol. The number of methoxy groups -OCH3 is 1. The lowest BCUT2D eigenvalue weighted by Crippen LogP contribution is -2.12. The molecule has 0 atom stereocenters. The van der Waals surface area contributed by atoms with Crippen molar-refractivity contribution in [1.82, 2.24) is 0 Å². The summed E-state index contributed by atoms with van der Waals surface area (Å²) in [6.45, 7) is 4.45. The molecule has 0 fully saturated rings. The van der Waals surface area contributed by atoms with Crippen molar-refractivity contribution in [3.8, 4) is 0 Å². The van der Waals surface area contributed by atoms with Gasteiger partial charge in [-0.3, -0.25) is 10.1 Å². The number of nitro groups is 1. The number of benzene rings is 1. The molecule has 128 valence electrons. The van der Waals surface area contributed by atoms with Crippen LogP contribution < -0.4 is 0 Å². The van der Waals surface area contributed by atoms with Crippen molar-refractivity contribution in [3.63, 3.8) is 0 Å². The lowest BCUT2D eigenvalue weighted by Gasteiger charge is -2.09. The van der Waals surface area contributed by atoms with Crippen LogP contribution in [0.25, 0.3) is 0 Å². The summed E-state index contributed by atoms with van der Waals surface area (Å²) in [7, 11) is 1.06. The highest BCUT2D eigenvalue weighted by Crippen LogP contribution is 2.28. The number of ether oxygens (including phenoxy) is 1.